The summed E-state index contributed by atoms with van der Waals surface area (Å²) in [5.74, 6) is 1.60. The Kier molecular flexibility index (Phi) is 6.80. The molecule has 2 aliphatic rings. The normalized spacial score (nSPS) is 19.1. The van der Waals surface area contributed by atoms with Crippen LogP contribution >= 0.6 is 15.9 Å². The summed E-state index contributed by atoms with van der Waals surface area (Å²) in [6.45, 7) is 6.06. The number of rotatable bonds is 5. The van der Waals surface area contributed by atoms with Crippen LogP contribution in [-0.2, 0) is 4.79 Å². The molecule has 0 saturated heterocycles. The van der Waals surface area contributed by atoms with E-state index in [1.165, 1.54) is 0 Å². The van der Waals surface area contributed by atoms with Gasteiger partial charge in [0.05, 0.1) is 30.6 Å². The zero-order valence-corrected chi connectivity index (χ0v) is 22.6. The van der Waals surface area contributed by atoms with E-state index in [-0.39, 0.29) is 23.8 Å². The minimum absolute atomic E-state index is 0.0430. The second-order valence-corrected chi connectivity index (χ2v) is 10.6. The van der Waals surface area contributed by atoms with Crippen molar-refractivity contribution >= 4 is 33.1 Å². The van der Waals surface area contributed by atoms with E-state index < -0.39 is 0 Å². The first-order valence-corrected chi connectivity index (χ1v) is 13.1. The number of aryl methyl sites for hydroxylation is 1. The van der Waals surface area contributed by atoms with Crippen molar-refractivity contribution in [1.82, 2.24) is 0 Å². The lowest BCUT2D eigenvalue weighted by molar-refractivity contribution is -0.116. The quantitative estimate of drug-likeness (QED) is 0.346. The second kappa shape index (κ2) is 10.0. The van der Waals surface area contributed by atoms with Gasteiger partial charge in [0.15, 0.2) is 17.3 Å². The monoisotopic (exact) mass is 546 g/mol. The van der Waals surface area contributed by atoms with Gasteiger partial charge in [0.1, 0.15) is 0 Å². The Hall–Kier alpha value is -3.25. The molecule has 36 heavy (non-hydrogen) atoms. The molecule has 0 aromatic heterocycles. The van der Waals surface area contributed by atoms with Crippen molar-refractivity contribution in [2.45, 2.75) is 51.7 Å². The molecule has 5 rings (SSSR count). The van der Waals surface area contributed by atoms with Crippen LogP contribution in [-0.4, -0.2) is 19.0 Å². The van der Waals surface area contributed by atoms with E-state index in [2.05, 4.69) is 69.9 Å². The summed E-state index contributed by atoms with van der Waals surface area (Å²) < 4.78 is 12.6. The third-order valence-electron chi connectivity index (χ3n) is 6.86. The first-order chi connectivity index (χ1) is 17.3. The Labute approximate surface area is 221 Å². The van der Waals surface area contributed by atoms with Crippen molar-refractivity contribution in [1.29, 1.82) is 0 Å². The van der Waals surface area contributed by atoms with Gasteiger partial charge in [0.2, 0.25) is 0 Å². The maximum Gasteiger partial charge on any atom is 0.163 e. The molecular formula is C30H31BrN2O3. The molecule has 0 saturated carbocycles. The Balaban J connectivity index is 1.55. The zero-order chi connectivity index (χ0) is 25.4. The van der Waals surface area contributed by atoms with Gasteiger partial charge >= 0.3 is 0 Å². The summed E-state index contributed by atoms with van der Waals surface area (Å²) >= 11 is 3.67. The topological polar surface area (TPSA) is 59.6 Å². The molecule has 0 bridgehead atoms. The van der Waals surface area contributed by atoms with E-state index in [1.54, 1.807) is 7.11 Å². The highest BCUT2D eigenvalue weighted by Crippen LogP contribution is 2.45. The Morgan fingerprint density at radius 2 is 1.69 bits per heavy atom. The number of ketones is 1. The number of hydrogen-bond donors (Lipinski definition) is 2. The van der Waals surface area contributed by atoms with Crippen LogP contribution < -0.4 is 20.1 Å². The van der Waals surface area contributed by atoms with Crippen molar-refractivity contribution in [2.24, 2.45) is 0 Å². The fraction of sp³-hybridized carbons (Fsp3) is 0.300. The fourth-order valence-electron chi connectivity index (χ4n) is 5.06. The average molecular weight is 547 g/mol. The van der Waals surface area contributed by atoms with Crippen LogP contribution in [0.1, 0.15) is 55.3 Å². The van der Waals surface area contributed by atoms with Crippen molar-refractivity contribution in [3.63, 3.8) is 0 Å². The van der Waals surface area contributed by atoms with E-state index in [1.807, 2.05) is 38.1 Å². The smallest absolute Gasteiger partial charge is 0.163 e. The highest BCUT2D eigenvalue weighted by atomic mass is 79.9. The second-order valence-electron chi connectivity index (χ2n) is 9.75. The molecule has 1 heterocycles. The molecular weight excluding hydrogens is 516 g/mol. The predicted octanol–water partition coefficient (Wildman–Crippen LogP) is 7.53. The van der Waals surface area contributed by atoms with Crippen LogP contribution in [0.5, 0.6) is 11.5 Å². The molecule has 186 valence electrons. The number of halogens is 1. The molecule has 3 aromatic rings. The number of ether oxygens (including phenoxy) is 2. The third kappa shape index (κ3) is 4.74. The van der Waals surface area contributed by atoms with Crippen LogP contribution in [0.4, 0.5) is 11.4 Å². The first kappa shape index (κ1) is 24.4. The molecule has 6 heteroatoms. The Bertz CT molecular complexity index is 1350. The van der Waals surface area contributed by atoms with Crippen molar-refractivity contribution in [3.05, 3.63) is 93.1 Å². The van der Waals surface area contributed by atoms with E-state index in [9.17, 15) is 4.79 Å². The largest absolute Gasteiger partial charge is 0.493 e. The van der Waals surface area contributed by atoms with Crippen LogP contribution in [0.3, 0.4) is 0 Å². The Morgan fingerprint density at radius 1 is 0.944 bits per heavy atom. The number of allylic oxidation sites excluding steroid dienone is 1. The summed E-state index contributed by atoms with van der Waals surface area (Å²) in [4.78, 5) is 13.8. The lowest BCUT2D eigenvalue weighted by atomic mass is 9.78. The van der Waals surface area contributed by atoms with Gasteiger partial charge in [0.25, 0.3) is 0 Å². The van der Waals surface area contributed by atoms with Crippen molar-refractivity contribution in [2.75, 3.05) is 17.7 Å². The van der Waals surface area contributed by atoms with Crippen LogP contribution in [0.15, 0.2) is 76.4 Å². The summed E-state index contributed by atoms with van der Waals surface area (Å²) in [5, 5.41) is 7.26. The number of methoxy groups -OCH3 is 1. The standard InChI is InChI=1S/C30H31BrN2O3/c1-17(2)36-27-12-11-19(16-28(27)35-4)21-14-25-29(26(34)15-21)30(20-10-9-18(3)22(31)13-20)33-24-8-6-5-7-23(24)32-25/h5-13,16-17,21,30,32-33H,14-15H2,1-4H3. The van der Waals surface area contributed by atoms with Crippen molar-refractivity contribution < 1.29 is 14.3 Å². The summed E-state index contributed by atoms with van der Waals surface area (Å²) in [6, 6.07) is 20.2. The van der Waals surface area contributed by atoms with Crippen LogP contribution in [0.25, 0.3) is 0 Å². The maximum absolute atomic E-state index is 13.8. The molecule has 2 atom stereocenters. The maximum atomic E-state index is 13.8. The third-order valence-corrected chi connectivity index (χ3v) is 7.71. The first-order valence-electron chi connectivity index (χ1n) is 12.3. The summed E-state index contributed by atoms with van der Waals surface area (Å²) in [7, 11) is 1.65. The lowest BCUT2D eigenvalue weighted by Crippen LogP contribution is -2.27. The van der Waals surface area contributed by atoms with Gasteiger partial charge in [0, 0.05) is 22.2 Å². The molecule has 2 unspecified atom stereocenters. The fourth-order valence-corrected chi connectivity index (χ4v) is 5.45. The number of Topliss-reactive ketones (excluding diaryl/α,β-unsaturated/α-hetero) is 1. The number of nitrogens with one attached hydrogen (secondary N) is 2. The van der Waals surface area contributed by atoms with Gasteiger partial charge in [-0.15, -0.1) is 0 Å². The highest BCUT2D eigenvalue weighted by Gasteiger charge is 2.36. The minimum Gasteiger partial charge on any atom is -0.493 e. The Morgan fingerprint density at radius 3 is 2.42 bits per heavy atom. The summed E-state index contributed by atoms with van der Waals surface area (Å²) in [5.41, 5.74) is 7.03. The SMILES string of the molecule is COc1cc(C2CC(=O)C3=C(C2)Nc2ccccc2NC3c2ccc(C)c(Br)c2)ccc1OC(C)C. The van der Waals surface area contributed by atoms with E-state index in [4.69, 9.17) is 9.47 Å². The molecule has 5 nitrogen and oxygen atoms in total. The molecule has 1 aliphatic heterocycles. The van der Waals surface area contributed by atoms with Gasteiger partial charge in [-0.25, -0.2) is 0 Å². The number of para-hydroxylation sites is 2. The number of carbonyl (C=O) groups excluding carboxylic acids is 1. The van der Waals surface area contributed by atoms with E-state index >= 15 is 0 Å². The van der Waals surface area contributed by atoms with Gasteiger partial charge in [-0.2, -0.15) is 0 Å². The average Bonchev–Trinajstić information content (AvgIpc) is 3.02. The number of anilines is 2. The van der Waals surface area contributed by atoms with Gasteiger partial charge in [-0.05, 0) is 80.1 Å². The van der Waals surface area contributed by atoms with Gasteiger partial charge in [-0.3, -0.25) is 4.79 Å². The van der Waals surface area contributed by atoms with Crippen LogP contribution in [0, 0.1) is 6.92 Å². The molecule has 0 radical (unpaired) electrons. The number of fused-ring (bicyclic) bond motifs is 1. The van der Waals surface area contributed by atoms with E-state index in [0.29, 0.717) is 17.9 Å². The molecule has 0 fully saturated rings. The minimum atomic E-state index is -0.238. The molecule has 3 aromatic carbocycles. The summed E-state index contributed by atoms with van der Waals surface area (Å²) in [6.07, 6.45) is 1.22. The number of benzene rings is 3. The van der Waals surface area contributed by atoms with Gasteiger partial charge < -0.3 is 20.1 Å². The van der Waals surface area contributed by atoms with Crippen LogP contribution in [0.2, 0.25) is 0 Å². The number of carbonyl (C=O) groups is 1. The van der Waals surface area contributed by atoms with Crippen molar-refractivity contribution in [3.8, 4) is 11.5 Å². The molecule has 2 N–H and O–H groups in total. The highest BCUT2D eigenvalue weighted by molar-refractivity contribution is 9.10. The van der Waals surface area contributed by atoms with E-state index in [0.717, 1.165) is 50.2 Å². The lowest BCUT2D eigenvalue weighted by Gasteiger charge is -2.30. The molecule has 0 spiro atoms. The van der Waals surface area contributed by atoms with Gasteiger partial charge in [-0.1, -0.05) is 46.3 Å². The molecule has 1 aliphatic carbocycles. The number of hydrogen-bond acceptors (Lipinski definition) is 5. The zero-order valence-electron chi connectivity index (χ0n) is 21.0. The molecule has 0 amide bonds. The predicted molar refractivity (Wildman–Crippen MR) is 148 cm³/mol.